The monoisotopic (exact) mass is 293 g/mol. The van der Waals surface area contributed by atoms with Gasteiger partial charge in [-0.15, -0.1) is 0 Å². The Kier molecular flexibility index (Phi) is 6.30. The molecule has 0 fully saturated rings. The van der Waals surface area contributed by atoms with Gasteiger partial charge in [-0.05, 0) is 26.5 Å². The van der Waals surface area contributed by atoms with E-state index in [4.69, 9.17) is 0 Å². The van der Waals surface area contributed by atoms with Crippen LogP contribution in [0.1, 0.15) is 26.3 Å². The molecule has 21 heavy (non-hydrogen) atoms. The molecule has 1 unspecified atom stereocenters. The van der Waals surface area contributed by atoms with E-state index in [1.165, 1.54) is 12.1 Å². The van der Waals surface area contributed by atoms with Crippen molar-refractivity contribution in [1.82, 2.24) is 10.2 Å². The van der Waals surface area contributed by atoms with Crippen LogP contribution >= 0.6 is 0 Å². The number of rotatable bonds is 7. The number of carbonyl (C=O) groups excluding carboxylic acids is 1. The largest absolute Gasteiger partial charge is 0.336 e. The average Bonchev–Trinajstić information content (AvgIpc) is 2.44. The van der Waals surface area contributed by atoms with Crippen LogP contribution in [0.15, 0.2) is 24.3 Å². The molecule has 0 aromatic heterocycles. The van der Waals surface area contributed by atoms with E-state index in [0.29, 0.717) is 13.1 Å². The summed E-state index contributed by atoms with van der Waals surface area (Å²) in [5.74, 6) is -0.0202. The Labute approximate surface area is 125 Å². The molecule has 0 saturated carbocycles. The van der Waals surface area contributed by atoms with Crippen LogP contribution in [-0.4, -0.2) is 35.4 Å². The zero-order valence-electron chi connectivity index (χ0n) is 13.0. The number of non-ortho nitro benzene ring substituents is 1. The first-order valence-electron chi connectivity index (χ1n) is 7.05. The van der Waals surface area contributed by atoms with E-state index in [9.17, 15) is 14.9 Å². The lowest BCUT2D eigenvalue weighted by Gasteiger charge is -2.29. The molecule has 6 nitrogen and oxygen atoms in total. The van der Waals surface area contributed by atoms with E-state index in [-0.39, 0.29) is 23.6 Å². The third-order valence-corrected chi connectivity index (χ3v) is 3.34. The van der Waals surface area contributed by atoms with E-state index in [0.717, 1.165) is 5.56 Å². The second-order valence-electron chi connectivity index (χ2n) is 5.44. The molecule has 0 saturated heterocycles. The SMILES string of the molecule is CNCC(C)C(=O)N(Cc1ccc([N+](=O)[O-])cc1)C(C)C. The number of benzene rings is 1. The van der Waals surface area contributed by atoms with Gasteiger partial charge in [0.1, 0.15) is 0 Å². The summed E-state index contributed by atoms with van der Waals surface area (Å²) in [6.45, 7) is 6.92. The maximum atomic E-state index is 12.4. The molecule has 0 spiro atoms. The molecule has 1 atom stereocenters. The number of hydrogen-bond donors (Lipinski definition) is 1. The Morgan fingerprint density at radius 1 is 1.29 bits per heavy atom. The van der Waals surface area contributed by atoms with Crippen LogP contribution in [-0.2, 0) is 11.3 Å². The van der Waals surface area contributed by atoms with Gasteiger partial charge in [-0.2, -0.15) is 0 Å². The fraction of sp³-hybridized carbons (Fsp3) is 0.533. The van der Waals surface area contributed by atoms with Crippen molar-refractivity contribution in [2.45, 2.75) is 33.4 Å². The van der Waals surface area contributed by atoms with Crippen LogP contribution in [0.4, 0.5) is 5.69 Å². The van der Waals surface area contributed by atoms with Crippen molar-refractivity contribution in [3.05, 3.63) is 39.9 Å². The molecular weight excluding hydrogens is 270 g/mol. The molecule has 1 rings (SSSR count). The van der Waals surface area contributed by atoms with Crippen molar-refractivity contribution in [1.29, 1.82) is 0 Å². The molecule has 1 N–H and O–H groups in total. The van der Waals surface area contributed by atoms with Crippen molar-refractivity contribution >= 4 is 11.6 Å². The van der Waals surface area contributed by atoms with Crippen LogP contribution in [0.25, 0.3) is 0 Å². The summed E-state index contributed by atoms with van der Waals surface area (Å²) < 4.78 is 0. The summed E-state index contributed by atoms with van der Waals surface area (Å²) in [5.41, 5.74) is 0.948. The summed E-state index contributed by atoms with van der Waals surface area (Å²) in [6.07, 6.45) is 0. The number of carbonyl (C=O) groups is 1. The van der Waals surface area contributed by atoms with Gasteiger partial charge in [0, 0.05) is 37.2 Å². The van der Waals surface area contributed by atoms with Crippen LogP contribution in [0, 0.1) is 16.0 Å². The van der Waals surface area contributed by atoms with Crippen molar-refractivity contribution in [3.63, 3.8) is 0 Å². The number of hydrogen-bond acceptors (Lipinski definition) is 4. The molecule has 0 bridgehead atoms. The van der Waals surface area contributed by atoms with Crippen LogP contribution in [0.3, 0.4) is 0 Å². The smallest absolute Gasteiger partial charge is 0.269 e. The summed E-state index contributed by atoms with van der Waals surface area (Å²) >= 11 is 0. The molecule has 116 valence electrons. The van der Waals surface area contributed by atoms with Gasteiger partial charge in [0.25, 0.3) is 5.69 Å². The maximum absolute atomic E-state index is 12.4. The van der Waals surface area contributed by atoms with E-state index in [1.807, 2.05) is 27.8 Å². The Bertz CT molecular complexity index is 485. The first-order chi connectivity index (χ1) is 9.86. The van der Waals surface area contributed by atoms with Crippen LogP contribution in [0.5, 0.6) is 0 Å². The topological polar surface area (TPSA) is 75.5 Å². The van der Waals surface area contributed by atoms with E-state index in [2.05, 4.69) is 5.32 Å². The van der Waals surface area contributed by atoms with E-state index >= 15 is 0 Å². The zero-order chi connectivity index (χ0) is 16.0. The highest BCUT2D eigenvalue weighted by Gasteiger charge is 2.22. The number of nitrogens with one attached hydrogen (secondary N) is 1. The molecule has 1 amide bonds. The first kappa shape index (κ1) is 17.1. The van der Waals surface area contributed by atoms with Gasteiger partial charge >= 0.3 is 0 Å². The number of amides is 1. The lowest BCUT2D eigenvalue weighted by Crippen LogP contribution is -2.42. The van der Waals surface area contributed by atoms with Crippen molar-refractivity contribution < 1.29 is 9.72 Å². The Morgan fingerprint density at radius 3 is 2.29 bits per heavy atom. The summed E-state index contributed by atoms with van der Waals surface area (Å²) in [6, 6.07) is 6.41. The molecule has 1 aromatic rings. The van der Waals surface area contributed by atoms with Gasteiger partial charge in [0.2, 0.25) is 5.91 Å². The number of nitro groups is 1. The maximum Gasteiger partial charge on any atom is 0.269 e. The number of nitrogens with zero attached hydrogens (tertiary/aromatic N) is 2. The Balaban J connectivity index is 2.83. The van der Waals surface area contributed by atoms with Gasteiger partial charge in [0.15, 0.2) is 0 Å². The third-order valence-electron chi connectivity index (χ3n) is 3.34. The minimum Gasteiger partial charge on any atom is -0.336 e. The lowest BCUT2D eigenvalue weighted by molar-refractivity contribution is -0.384. The molecule has 1 aromatic carbocycles. The summed E-state index contributed by atoms with van der Waals surface area (Å²) in [5, 5.41) is 13.6. The van der Waals surface area contributed by atoms with Crippen molar-refractivity contribution in [2.75, 3.05) is 13.6 Å². The van der Waals surface area contributed by atoms with Crippen LogP contribution in [0.2, 0.25) is 0 Å². The molecular formula is C15H23N3O3. The fourth-order valence-corrected chi connectivity index (χ4v) is 2.11. The summed E-state index contributed by atoms with van der Waals surface area (Å²) in [7, 11) is 1.82. The predicted octanol–water partition coefficient (Wildman–Crippen LogP) is 2.19. The van der Waals surface area contributed by atoms with Crippen molar-refractivity contribution in [2.24, 2.45) is 5.92 Å². The van der Waals surface area contributed by atoms with Gasteiger partial charge < -0.3 is 10.2 Å². The van der Waals surface area contributed by atoms with Gasteiger partial charge in [-0.25, -0.2) is 0 Å². The first-order valence-corrected chi connectivity index (χ1v) is 7.05. The minimum absolute atomic E-state index is 0.0599. The molecule has 0 aliphatic heterocycles. The fourth-order valence-electron chi connectivity index (χ4n) is 2.11. The van der Waals surface area contributed by atoms with Crippen molar-refractivity contribution in [3.8, 4) is 0 Å². The third kappa shape index (κ3) is 4.82. The average molecular weight is 293 g/mol. The van der Waals surface area contributed by atoms with E-state index in [1.54, 1.807) is 17.0 Å². The zero-order valence-corrected chi connectivity index (χ0v) is 13.0. The van der Waals surface area contributed by atoms with E-state index < -0.39 is 4.92 Å². The quantitative estimate of drug-likeness (QED) is 0.617. The second-order valence-corrected chi connectivity index (χ2v) is 5.44. The normalized spacial score (nSPS) is 12.2. The molecule has 0 aliphatic carbocycles. The molecule has 0 aliphatic rings. The molecule has 6 heteroatoms. The predicted molar refractivity (Wildman–Crippen MR) is 81.9 cm³/mol. The van der Waals surface area contributed by atoms with Gasteiger partial charge in [0.05, 0.1) is 4.92 Å². The van der Waals surface area contributed by atoms with Gasteiger partial charge in [-0.1, -0.05) is 19.1 Å². The summed E-state index contributed by atoms with van der Waals surface area (Å²) in [4.78, 5) is 24.4. The molecule has 0 radical (unpaired) electrons. The minimum atomic E-state index is -0.426. The number of nitro benzene ring substituents is 1. The Hall–Kier alpha value is -1.95. The van der Waals surface area contributed by atoms with Crippen LogP contribution < -0.4 is 5.32 Å². The van der Waals surface area contributed by atoms with Gasteiger partial charge in [-0.3, -0.25) is 14.9 Å². The molecule has 0 heterocycles. The highest BCUT2D eigenvalue weighted by molar-refractivity contribution is 5.79. The standard InChI is InChI=1S/C15H23N3O3/c1-11(2)17(15(19)12(3)9-16-4)10-13-5-7-14(8-6-13)18(20)21/h5-8,11-12,16H,9-10H2,1-4H3. The highest BCUT2D eigenvalue weighted by Crippen LogP contribution is 2.16. The highest BCUT2D eigenvalue weighted by atomic mass is 16.6. The second kappa shape index (κ2) is 7.73. The lowest BCUT2D eigenvalue weighted by atomic mass is 10.1. The Morgan fingerprint density at radius 2 is 1.86 bits per heavy atom.